The Morgan fingerprint density at radius 3 is 2.28 bits per heavy atom. The predicted molar refractivity (Wildman–Crippen MR) is 116 cm³/mol. The average Bonchev–Trinajstić information content (AvgIpc) is 3.09. The van der Waals surface area contributed by atoms with E-state index in [9.17, 15) is 4.79 Å². The van der Waals surface area contributed by atoms with E-state index in [4.69, 9.17) is 0 Å². The first-order chi connectivity index (χ1) is 14.1. The first-order valence-corrected chi connectivity index (χ1v) is 11.2. The van der Waals surface area contributed by atoms with Gasteiger partial charge in [0.15, 0.2) is 5.69 Å². The van der Waals surface area contributed by atoms with Crippen LogP contribution in [0.25, 0.3) is 0 Å². The Labute approximate surface area is 174 Å². The summed E-state index contributed by atoms with van der Waals surface area (Å²) in [5.74, 6) is 0.742. The van der Waals surface area contributed by atoms with Gasteiger partial charge in [0, 0.05) is 32.4 Å². The fraction of sp³-hybridized carbons (Fsp3) is 0.583. The molecule has 2 aromatic rings. The summed E-state index contributed by atoms with van der Waals surface area (Å²) in [5, 5.41) is 4.34. The fourth-order valence-corrected chi connectivity index (χ4v) is 4.66. The van der Waals surface area contributed by atoms with Crippen molar-refractivity contribution in [2.45, 2.75) is 52.0 Å². The van der Waals surface area contributed by atoms with E-state index >= 15 is 0 Å². The van der Waals surface area contributed by atoms with Gasteiger partial charge < -0.3 is 4.90 Å². The van der Waals surface area contributed by atoms with Crippen LogP contribution in [0.2, 0.25) is 0 Å². The second-order valence-electron chi connectivity index (χ2n) is 8.89. The van der Waals surface area contributed by atoms with Gasteiger partial charge in [-0.15, -0.1) is 0 Å². The van der Waals surface area contributed by atoms with Crippen LogP contribution in [0, 0.1) is 12.8 Å². The predicted octanol–water partition coefficient (Wildman–Crippen LogP) is 3.81. The Balaban J connectivity index is 1.25. The molecule has 4 rings (SSSR count). The Bertz CT molecular complexity index is 792. The largest absolute Gasteiger partial charge is 0.337 e. The van der Waals surface area contributed by atoms with E-state index in [1.165, 1.54) is 43.5 Å². The first kappa shape index (κ1) is 20.1. The van der Waals surface area contributed by atoms with Gasteiger partial charge in [-0.05, 0) is 75.2 Å². The Morgan fingerprint density at radius 1 is 1.00 bits per heavy atom. The topological polar surface area (TPSA) is 41.4 Å². The monoisotopic (exact) mass is 394 g/mol. The second-order valence-corrected chi connectivity index (χ2v) is 8.89. The van der Waals surface area contributed by atoms with Gasteiger partial charge in [-0.2, -0.15) is 5.10 Å². The second kappa shape index (κ2) is 9.12. The summed E-state index contributed by atoms with van der Waals surface area (Å²) in [6.07, 6.45) is 7.36. The number of aromatic nitrogens is 2. The number of carbonyl (C=O) groups is 1. The van der Waals surface area contributed by atoms with E-state index in [0.717, 1.165) is 44.6 Å². The van der Waals surface area contributed by atoms with Crippen LogP contribution >= 0.6 is 0 Å². The van der Waals surface area contributed by atoms with Crippen molar-refractivity contribution < 1.29 is 4.79 Å². The molecule has 1 amide bonds. The van der Waals surface area contributed by atoms with Crippen LogP contribution in [0.5, 0.6) is 0 Å². The summed E-state index contributed by atoms with van der Waals surface area (Å²) in [6, 6.07) is 11.1. The number of likely N-dealkylation sites (tertiary alicyclic amines) is 2. The Kier molecular flexibility index (Phi) is 6.34. The van der Waals surface area contributed by atoms with Gasteiger partial charge in [0.2, 0.25) is 0 Å². The SMILES string of the molecule is Cc1cc(C(=O)N2CCC(Cc3ccc(CN4CCCCC4)cc3)CC2)nn1C. The molecule has 2 aliphatic rings. The molecule has 3 heterocycles. The van der Waals surface area contributed by atoms with Crippen LogP contribution in [0.3, 0.4) is 0 Å². The van der Waals surface area contributed by atoms with Crippen molar-refractivity contribution >= 4 is 5.91 Å². The van der Waals surface area contributed by atoms with E-state index in [-0.39, 0.29) is 5.91 Å². The Hall–Kier alpha value is -2.14. The van der Waals surface area contributed by atoms with Crippen molar-refractivity contribution in [3.63, 3.8) is 0 Å². The molecule has 0 saturated carbocycles. The van der Waals surface area contributed by atoms with Gasteiger partial charge in [0.25, 0.3) is 5.91 Å². The van der Waals surface area contributed by atoms with Crippen molar-refractivity contribution in [3.8, 4) is 0 Å². The van der Waals surface area contributed by atoms with Crippen LogP contribution in [-0.4, -0.2) is 51.7 Å². The van der Waals surface area contributed by atoms with Gasteiger partial charge in [-0.25, -0.2) is 0 Å². The number of carbonyl (C=O) groups excluding carboxylic acids is 1. The highest BCUT2D eigenvalue weighted by Crippen LogP contribution is 2.23. The molecular weight excluding hydrogens is 360 g/mol. The number of aryl methyl sites for hydroxylation is 2. The number of piperidine rings is 2. The van der Waals surface area contributed by atoms with E-state index < -0.39 is 0 Å². The molecule has 0 spiro atoms. The molecule has 0 aliphatic carbocycles. The standard InChI is InChI=1S/C24H34N4O/c1-19-16-23(25-26(19)2)24(29)28-14-10-21(11-15-28)17-20-6-8-22(9-7-20)18-27-12-4-3-5-13-27/h6-9,16,21H,3-5,10-15,17-18H2,1-2H3. The molecule has 2 aliphatic heterocycles. The van der Waals surface area contributed by atoms with Gasteiger partial charge >= 0.3 is 0 Å². The van der Waals surface area contributed by atoms with E-state index in [1.807, 2.05) is 24.9 Å². The molecule has 2 saturated heterocycles. The maximum absolute atomic E-state index is 12.7. The number of hydrogen-bond donors (Lipinski definition) is 0. The zero-order valence-electron chi connectivity index (χ0n) is 17.9. The van der Waals surface area contributed by atoms with Crippen molar-refractivity contribution in [2.24, 2.45) is 13.0 Å². The summed E-state index contributed by atoms with van der Waals surface area (Å²) in [5.41, 5.74) is 4.46. The van der Waals surface area contributed by atoms with Gasteiger partial charge in [-0.3, -0.25) is 14.4 Å². The van der Waals surface area contributed by atoms with Crippen molar-refractivity contribution in [1.29, 1.82) is 0 Å². The molecule has 5 heteroatoms. The van der Waals surface area contributed by atoms with Crippen LogP contribution in [0.15, 0.2) is 30.3 Å². The third kappa shape index (κ3) is 5.08. The number of benzene rings is 1. The smallest absolute Gasteiger partial charge is 0.274 e. The molecule has 1 aromatic heterocycles. The third-order valence-electron chi connectivity index (χ3n) is 6.64. The highest BCUT2D eigenvalue weighted by Gasteiger charge is 2.25. The molecule has 0 unspecified atom stereocenters. The molecule has 0 bridgehead atoms. The molecular formula is C24H34N4O. The molecule has 5 nitrogen and oxygen atoms in total. The van der Waals surface area contributed by atoms with Crippen molar-refractivity contribution in [2.75, 3.05) is 26.2 Å². The molecule has 0 atom stereocenters. The minimum absolute atomic E-state index is 0.0780. The van der Waals surface area contributed by atoms with Crippen LogP contribution in [0.4, 0.5) is 0 Å². The maximum Gasteiger partial charge on any atom is 0.274 e. The lowest BCUT2D eigenvalue weighted by atomic mass is 9.89. The van der Waals surface area contributed by atoms with Gasteiger partial charge in [-0.1, -0.05) is 30.7 Å². The van der Waals surface area contributed by atoms with E-state index in [2.05, 4.69) is 34.3 Å². The maximum atomic E-state index is 12.7. The highest BCUT2D eigenvalue weighted by molar-refractivity contribution is 5.92. The van der Waals surface area contributed by atoms with E-state index in [1.54, 1.807) is 4.68 Å². The zero-order chi connectivity index (χ0) is 20.2. The minimum atomic E-state index is 0.0780. The summed E-state index contributed by atoms with van der Waals surface area (Å²) in [7, 11) is 1.89. The molecule has 2 fully saturated rings. The summed E-state index contributed by atoms with van der Waals surface area (Å²) in [6.45, 7) is 7.24. The highest BCUT2D eigenvalue weighted by atomic mass is 16.2. The molecule has 1 aromatic carbocycles. The lowest BCUT2D eigenvalue weighted by molar-refractivity contribution is 0.0684. The van der Waals surface area contributed by atoms with Crippen LogP contribution in [0.1, 0.15) is 59.4 Å². The normalized spacial score (nSPS) is 18.9. The zero-order valence-corrected chi connectivity index (χ0v) is 17.9. The van der Waals surface area contributed by atoms with Crippen molar-refractivity contribution in [1.82, 2.24) is 19.6 Å². The third-order valence-corrected chi connectivity index (χ3v) is 6.64. The summed E-state index contributed by atoms with van der Waals surface area (Å²) >= 11 is 0. The van der Waals surface area contributed by atoms with Gasteiger partial charge in [0.1, 0.15) is 0 Å². The van der Waals surface area contributed by atoms with Crippen LogP contribution < -0.4 is 0 Å². The number of hydrogen-bond acceptors (Lipinski definition) is 3. The van der Waals surface area contributed by atoms with Crippen molar-refractivity contribution in [3.05, 3.63) is 52.8 Å². The summed E-state index contributed by atoms with van der Waals surface area (Å²) < 4.78 is 1.77. The molecule has 0 radical (unpaired) electrons. The van der Waals surface area contributed by atoms with E-state index in [0.29, 0.717) is 11.6 Å². The quantitative estimate of drug-likeness (QED) is 0.774. The summed E-state index contributed by atoms with van der Waals surface area (Å²) in [4.78, 5) is 17.2. The molecule has 29 heavy (non-hydrogen) atoms. The lowest BCUT2D eigenvalue weighted by Crippen LogP contribution is -2.39. The lowest BCUT2D eigenvalue weighted by Gasteiger charge is -2.31. The number of nitrogens with zero attached hydrogens (tertiary/aromatic N) is 4. The molecule has 156 valence electrons. The first-order valence-electron chi connectivity index (χ1n) is 11.2. The number of amides is 1. The fourth-order valence-electron chi connectivity index (χ4n) is 4.66. The van der Waals surface area contributed by atoms with Gasteiger partial charge in [0.05, 0.1) is 0 Å². The van der Waals surface area contributed by atoms with Crippen LogP contribution in [-0.2, 0) is 20.0 Å². The average molecular weight is 395 g/mol. The minimum Gasteiger partial charge on any atom is -0.337 e. The number of rotatable bonds is 5. The molecule has 0 N–H and O–H groups in total. The Morgan fingerprint density at radius 2 is 1.66 bits per heavy atom.